The van der Waals surface area contributed by atoms with Crippen LogP contribution in [0.25, 0.3) is 11.4 Å². The second-order valence-electron chi connectivity index (χ2n) is 5.89. The van der Waals surface area contributed by atoms with Gasteiger partial charge in [-0.05, 0) is 29.2 Å². The molecule has 0 bridgehead atoms. The largest absolute Gasteiger partial charge is 0.391 e. The van der Waals surface area contributed by atoms with Crippen molar-refractivity contribution in [3.63, 3.8) is 0 Å². The number of aromatic nitrogens is 4. The van der Waals surface area contributed by atoms with E-state index in [2.05, 4.69) is 20.6 Å². The molecule has 2 heterocycles. The molecule has 2 aromatic rings. The molecular weight excluding hydrogens is 301 g/mol. The van der Waals surface area contributed by atoms with E-state index in [9.17, 15) is 14.3 Å². The minimum atomic E-state index is -0.516. The molecule has 1 aromatic heterocycles. The average molecular weight is 319 g/mol. The summed E-state index contributed by atoms with van der Waals surface area (Å²) in [6.07, 6.45) is 0.212. The summed E-state index contributed by atoms with van der Waals surface area (Å²) in [6.45, 7) is 2.87. The van der Waals surface area contributed by atoms with Crippen molar-refractivity contribution in [1.82, 2.24) is 25.5 Å². The minimum absolute atomic E-state index is 0.0283. The number of rotatable bonds is 3. The van der Waals surface area contributed by atoms with Crippen molar-refractivity contribution >= 4 is 5.91 Å². The van der Waals surface area contributed by atoms with Crippen LogP contribution < -0.4 is 0 Å². The molecular formula is C15H18FN5O2. The molecule has 0 spiro atoms. The quantitative estimate of drug-likeness (QED) is 0.871. The zero-order valence-corrected chi connectivity index (χ0v) is 12.7. The molecule has 23 heavy (non-hydrogen) atoms. The van der Waals surface area contributed by atoms with Crippen LogP contribution in [-0.4, -0.2) is 55.7 Å². The lowest BCUT2D eigenvalue weighted by molar-refractivity contribution is -0.134. The molecule has 1 saturated heterocycles. The van der Waals surface area contributed by atoms with Crippen molar-refractivity contribution in [3.05, 3.63) is 29.6 Å². The molecule has 3 rings (SSSR count). The monoisotopic (exact) mass is 319 g/mol. The number of aliphatic hydroxyl groups is 1. The Hall–Kier alpha value is -2.35. The highest BCUT2D eigenvalue weighted by Gasteiger charge is 2.27. The van der Waals surface area contributed by atoms with Crippen LogP contribution in [0.3, 0.4) is 0 Å². The number of nitrogens with zero attached hydrogens (tertiary/aromatic N) is 4. The van der Waals surface area contributed by atoms with E-state index < -0.39 is 11.9 Å². The van der Waals surface area contributed by atoms with Gasteiger partial charge in [0.1, 0.15) is 5.82 Å². The minimum Gasteiger partial charge on any atom is -0.391 e. The zero-order valence-electron chi connectivity index (χ0n) is 12.7. The third-order valence-corrected chi connectivity index (χ3v) is 4.27. The first-order valence-corrected chi connectivity index (χ1v) is 7.52. The van der Waals surface area contributed by atoms with E-state index in [1.165, 1.54) is 6.07 Å². The Labute approximate surface area is 132 Å². The van der Waals surface area contributed by atoms with E-state index in [-0.39, 0.29) is 18.2 Å². The van der Waals surface area contributed by atoms with Crippen molar-refractivity contribution in [2.75, 3.05) is 13.1 Å². The van der Waals surface area contributed by atoms with Gasteiger partial charge in [0, 0.05) is 18.7 Å². The van der Waals surface area contributed by atoms with Crippen LogP contribution >= 0.6 is 0 Å². The molecule has 2 atom stereocenters. The van der Waals surface area contributed by atoms with E-state index in [0.29, 0.717) is 30.0 Å². The Morgan fingerprint density at radius 3 is 3.00 bits per heavy atom. The molecule has 122 valence electrons. The van der Waals surface area contributed by atoms with Gasteiger partial charge < -0.3 is 10.0 Å². The number of piperidine rings is 1. The van der Waals surface area contributed by atoms with Crippen LogP contribution in [0.15, 0.2) is 18.2 Å². The summed E-state index contributed by atoms with van der Waals surface area (Å²) >= 11 is 0. The predicted molar refractivity (Wildman–Crippen MR) is 79.6 cm³/mol. The topological polar surface area (TPSA) is 95.0 Å². The summed E-state index contributed by atoms with van der Waals surface area (Å²) in [4.78, 5) is 13.9. The van der Waals surface area contributed by atoms with Crippen molar-refractivity contribution in [3.8, 4) is 11.4 Å². The number of benzene rings is 1. The van der Waals surface area contributed by atoms with E-state index in [0.717, 1.165) is 6.42 Å². The lowest BCUT2D eigenvalue weighted by Crippen LogP contribution is -2.46. The summed E-state index contributed by atoms with van der Waals surface area (Å²) in [6, 6.07) is 4.51. The highest BCUT2D eigenvalue weighted by molar-refractivity contribution is 5.79. The SMILES string of the molecule is C[C@@H]1CCN(C(=O)Cc2ccc(-c3nn[nH]n3)cc2F)C[C@@H]1O. The van der Waals surface area contributed by atoms with Gasteiger partial charge in [0.2, 0.25) is 11.7 Å². The van der Waals surface area contributed by atoms with Crippen molar-refractivity contribution in [1.29, 1.82) is 0 Å². The Bertz CT molecular complexity index is 691. The lowest BCUT2D eigenvalue weighted by atomic mass is 9.95. The highest BCUT2D eigenvalue weighted by atomic mass is 19.1. The van der Waals surface area contributed by atoms with E-state index in [1.54, 1.807) is 17.0 Å². The molecule has 0 radical (unpaired) electrons. The Morgan fingerprint density at radius 1 is 1.52 bits per heavy atom. The van der Waals surface area contributed by atoms with Gasteiger partial charge in [-0.1, -0.05) is 19.1 Å². The van der Waals surface area contributed by atoms with Gasteiger partial charge in [0.05, 0.1) is 12.5 Å². The highest BCUT2D eigenvalue weighted by Crippen LogP contribution is 2.21. The maximum atomic E-state index is 14.2. The molecule has 1 aliphatic heterocycles. The van der Waals surface area contributed by atoms with Crippen LogP contribution in [-0.2, 0) is 11.2 Å². The molecule has 0 saturated carbocycles. The lowest BCUT2D eigenvalue weighted by Gasteiger charge is -2.34. The second-order valence-corrected chi connectivity index (χ2v) is 5.89. The number of amides is 1. The summed E-state index contributed by atoms with van der Waals surface area (Å²) in [5, 5.41) is 23.2. The number of aromatic amines is 1. The molecule has 8 heteroatoms. The number of likely N-dealkylation sites (tertiary alicyclic amines) is 1. The Morgan fingerprint density at radius 2 is 2.35 bits per heavy atom. The molecule has 1 fully saturated rings. The van der Waals surface area contributed by atoms with Crippen LogP contribution in [0.5, 0.6) is 0 Å². The van der Waals surface area contributed by atoms with Gasteiger partial charge in [-0.15, -0.1) is 10.2 Å². The van der Waals surface area contributed by atoms with Crippen LogP contribution in [0.1, 0.15) is 18.9 Å². The molecule has 0 aliphatic carbocycles. The van der Waals surface area contributed by atoms with Crippen molar-refractivity contribution in [2.24, 2.45) is 5.92 Å². The number of aliphatic hydroxyl groups excluding tert-OH is 1. The zero-order chi connectivity index (χ0) is 16.4. The van der Waals surface area contributed by atoms with Gasteiger partial charge in [0.15, 0.2) is 0 Å². The Balaban J connectivity index is 1.69. The standard InChI is InChI=1S/C15H18FN5O2/c1-9-4-5-21(8-13(9)22)14(23)7-10-2-3-11(6-12(10)16)15-17-19-20-18-15/h2-3,6,9,13,22H,4-5,7-8H2,1H3,(H,17,18,19,20)/t9-,13+/m1/s1. The van der Waals surface area contributed by atoms with E-state index in [4.69, 9.17) is 0 Å². The number of H-pyrrole nitrogens is 1. The fourth-order valence-corrected chi connectivity index (χ4v) is 2.66. The van der Waals surface area contributed by atoms with E-state index >= 15 is 0 Å². The fourth-order valence-electron chi connectivity index (χ4n) is 2.66. The number of carbonyl (C=O) groups is 1. The normalized spacial score (nSPS) is 21.4. The Kier molecular flexibility index (Phi) is 4.33. The van der Waals surface area contributed by atoms with Crippen molar-refractivity contribution < 1.29 is 14.3 Å². The number of hydrogen-bond donors (Lipinski definition) is 2. The summed E-state index contributed by atoms with van der Waals surface area (Å²) in [5.74, 6) is -0.173. The second kappa shape index (κ2) is 6.41. The third kappa shape index (κ3) is 3.37. The summed E-state index contributed by atoms with van der Waals surface area (Å²) < 4.78 is 14.2. The first kappa shape index (κ1) is 15.5. The molecule has 1 aromatic carbocycles. The van der Waals surface area contributed by atoms with Gasteiger partial charge in [-0.2, -0.15) is 5.21 Å². The summed E-state index contributed by atoms with van der Waals surface area (Å²) in [5.41, 5.74) is 0.810. The number of hydrogen-bond acceptors (Lipinski definition) is 5. The van der Waals surface area contributed by atoms with Crippen molar-refractivity contribution in [2.45, 2.75) is 25.9 Å². The van der Waals surface area contributed by atoms with Crippen LogP contribution in [0.4, 0.5) is 4.39 Å². The van der Waals surface area contributed by atoms with Gasteiger partial charge in [-0.25, -0.2) is 4.39 Å². The van der Waals surface area contributed by atoms with Gasteiger partial charge in [0.25, 0.3) is 0 Å². The molecule has 0 unspecified atom stereocenters. The molecule has 1 amide bonds. The van der Waals surface area contributed by atoms with Gasteiger partial charge >= 0.3 is 0 Å². The third-order valence-electron chi connectivity index (χ3n) is 4.27. The molecule has 2 N–H and O–H groups in total. The number of tetrazole rings is 1. The maximum absolute atomic E-state index is 14.2. The number of nitrogens with one attached hydrogen (secondary N) is 1. The average Bonchev–Trinajstić information content (AvgIpc) is 3.06. The van der Waals surface area contributed by atoms with Gasteiger partial charge in [-0.3, -0.25) is 4.79 Å². The number of halogens is 1. The number of β-amino-alcohol motifs (C(OH)–C–C–N with tert-alkyl or cyclic N) is 1. The number of carbonyl (C=O) groups excluding carboxylic acids is 1. The smallest absolute Gasteiger partial charge is 0.227 e. The summed E-state index contributed by atoms with van der Waals surface area (Å²) in [7, 11) is 0. The first-order chi connectivity index (χ1) is 11.0. The van der Waals surface area contributed by atoms with Crippen LogP contribution in [0, 0.1) is 11.7 Å². The molecule has 7 nitrogen and oxygen atoms in total. The van der Waals surface area contributed by atoms with E-state index in [1.807, 2.05) is 6.92 Å². The fraction of sp³-hybridized carbons (Fsp3) is 0.467. The first-order valence-electron chi connectivity index (χ1n) is 7.52. The predicted octanol–water partition coefficient (Wildman–Crippen LogP) is 0.778. The maximum Gasteiger partial charge on any atom is 0.227 e. The van der Waals surface area contributed by atoms with Crippen LogP contribution in [0.2, 0.25) is 0 Å². The molecule has 1 aliphatic rings.